The van der Waals surface area contributed by atoms with Crippen LogP contribution >= 0.6 is 23.2 Å². The first-order valence-corrected chi connectivity index (χ1v) is 7.36. The number of nitrogens with one attached hydrogen (secondary N) is 1. The summed E-state index contributed by atoms with van der Waals surface area (Å²) in [5.41, 5.74) is 1.78. The van der Waals surface area contributed by atoms with Gasteiger partial charge in [0.25, 0.3) is 0 Å². The Kier molecular flexibility index (Phi) is 3.59. The van der Waals surface area contributed by atoms with E-state index in [2.05, 4.69) is 5.32 Å². The zero-order valence-corrected chi connectivity index (χ0v) is 13.4. The Morgan fingerprint density at radius 2 is 1.68 bits per heavy atom. The van der Waals surface area contributed by atoms with E-state index in [4.69, 9.17) is 23.2 Å². The van der Waals surface area contributed by atoms with Crippen molar-refractivity contribution in [2.45, 2.75) is 13.8 Å². The van der Waals surface area contributed by atoms with Crippen LogP contribution in [-0.2, 0) is 4.79 Å². The predicted molar refractivity (Wildman–Crippen MR) is 90.1 cm³/mol. The SMILES string of the molecule is CC(=O)Nc1cc(Cl)c2c(c1)c1cccc(Cl)c1n2C(C)=O. The number of benzene rings is 2. The molecule has 0 atom stereocenters. The molecular weight excluding hydrogens is 323 g/mol. The van der Waals surface area contributed by atoms with Crippen molar-refractivity contribution in [1.82, 2.24) is 4.57 Å². The van der Waals surface area contributed by atoms with Gasteiger partial charge in [0.1, 0.15) is 0 Å². The van der Waals surface area contributed by atoms with Crippen molar-refractivity contribution in [2.24, 2.45) is 0 Å². The van der Waals surface area contributed by atoms with Crippen molar-refractivity contribution in [3.8, 4) is 0 Å². The van der Waals surface area contributed by atoms with E-state index in [1.165, 1.54) is 18.4 Å². The second kappa shape index (κ2) is 5.30. The third kappa shape index (κ3) is 2.25. The third-order valence-corrected chi connectivity index (χ3v) is 4.02. The molecule has 1 N–H and O–H groups in total. The maximum absolute atomic E-state index is 12.1. The Labute approximate surface area is 136 Å². The van der Waals surface area contributed by atoms with Crippen LogP contribution in [0.15, 0.2) is 30.3 Å². The summed E-state index contributed by atoms with van der Waals surface area (Å²) in [7, 11) is 0. The molecule has 0 aliphatic heterocycles. The Hall–Kier alpha value is -2.04. The van der Waals surface area contributed by atoms with Gasteiger partial charge < -0.3 is 5.32 Å². The fraction of sp³-hybridized carbons (Fsp3) is 0.125. The van der Waals surface area contributed by atoms with Gasteiger partial charge in [-0.25, -0.2) is 0 Å². The van der Waals surface area contributed by atoms with E-state index in [0.717, 1.165) is 10.8 Å². The van der Waals surface area contributed by atoms with Gasteiger partial charge in [0, 0.05) is 30.3 Å². The van der Waals surface area contributed by atoms with Crippen LogP contribution in [0.1, 0.15) is 18.6 Å². The summed E-state index contributed by atoms with van der Waals surface area (Å²) in [6.45, 7) is 2.88. The summed E-state index contributed by atoms with van der Waals surface area (Å²) in [5.74, 6) is -0.369. The highest BCUT2D eigenvalue weighted by Gasteiger charge is 2.19. The lowest BCUT2D eigenvalue weighted by molar-refractivity contribution is -0.114. The van der Waals surface area contributed by atoms with Gasteiger partial charge in [-0.05, 0) is 18.2 Å². The first-order chi connectivity index (χ1) is 10.4. The van der Waals surface area contributed by atoms with E-state index >= 15 is 0 Å². The van der Waals surface area contributed by atoms with Gasteiger partial charge in [-0.15, -0.1) is 0 Å². The summed E-state index contributed by atoms with van der Waals surface area (Å²) in [5, 5.41) is 5.14. The molecule has 0 unspecified atom stereocenters. The highest BCUT2D eigenvalue weighted by Crippen LogP contribution is 2.38. The minimum absolute atomic E-state index is 0.178. The summed E-state index contributed by atoms with van der Waals surface area (Å²) in [4.78, 5) is 23.3. The van der Waals surface area contributed by atoms with E-state index in [9.17, 15) is 9.59 Å². The van der Waals surface area contributed by atoms with Gasteiger partial charge >= 0.3 is 0 Å². The Bertz CT molecular complexity index is 944. The Morgan fingerprint density at radius 3 is 2.32 bits per heavy atom. The standard InChI is InChI=1S/C16H12Cl2N2O2/c1-8(21)19-10-6-12-11-4-3-5-13(17)15(11)20(9(2)22)16(12)14(18)7-10/h3-7H,1-2H3,(H,19,21). The monoisotopic (exact) mass is 334 g/mol. The first-order valence-electron chi connectivity index (χ1n) is 6.61. The maximum atomic E-state index is 12.1. The normalized spacial score (nSPS) is 11.1. The van der Waals surface area contributed by atoms with E-state index < -0.39 is 0 Å². The van der Waals surface area contributed by atoms with Gasteiger partial charge in [-0.3, -0.25) is 14.2 Å². The van der Waals surface area contributed by atoms with Crippen molar-refractivity contribution >= 4 is 62.5 Å². The fourth-order valence-corrected chi connectivity index (χ4v) is 3.26. The highest BCUT2D eigenvalue weighted by molar-refractivity contribution is 6.40. The smallest absolute Gasteiger partial charge is 0.228 e. The zero-order chi connectivity index (χ0) is 16.0. The fourth-order valence-electron chi connectivity index (χ4n) is 2.69. The molecule has 2 aromatic carbocycles. The lowest BCUT2D eigenvalue weighted by Gasteiger charge is -2.06. The van der Waals surface area contributed by atoms with Gasteiger partial charge in [-0.1, -0.05) is 35.3 Å². The molecule has 0 saturated heterocycles. The molecule has 0 bridgehead atoms. The maximum Gasteiger partial charge on any atom is 0.228 e. The number of amides is 1. The number of para-hydroxylation sites is 1. The minimum Gasteiger partial charge on any atom is -0.326 e. The van der Waals surface area contributed by atoms with Gasteiger partial charge in [-0.2, -0.15) is 0 Å². The molecule has 3 rings (SSSR count). The Balaban J connectivity index is 2.50. The van der Waals surface area contributed by atoms with Crippen LogP contribution in [0, 0.1) is 0 Å². The number of hydrogen-bond acceptors (Lipinski definition) is 2. The van der Waals surface area contributed by atoms with E-state index in [1.807, 2.05) is 12.1 Å². The van der Waals surface area contributed by atoms with E-state index in [0.29, 0.717) is 26.8 Å². The van der Waals surface area contributed by atoms with Crippen LogP contribution in [0.25, 0.3) is 21.8 Å². The zero-order valence-electron chi connectivity index (χ0n) is 11.9. The number of anilines is 1. The van der Waals surface area contributed by atoms with Crippen LogP contribution in [0.5, 0.6) is 0 Å². The summed E-state index contributed by atoms with van der Waals surface area (Å²) in [6, 6.07) is 8.83. The molecule has 0 fully saturated rings. The molecule has 22 heavy (non-hydrogen) atoms. The molecule has 6 heteroatoms. The van der Waals surface area contributed by atoms with Crippen LogP contribution in [0.4, 0.5) is 5.69 Å². The van der Waals surface area contributed by atoms with Crippen LogP contribution < -0.4 is 5.32 Å². The Morgan fingerprint density at radius 1 is 1.00 bits per heavy atom. The van der Waals surface area contributed by atoms with Crippen molar-refractivity contribution in [1.29, 1.82) is 0 Å². The molecule has 1 aromatic heterocycles. The van der Waals surface area contributed by atoms with Gasteiger partial charge in [0.2, 0.25) is 11.8 Å². The summed E-state index contributed by atoms with van der Waals surface area (Å²) in [6.07, 6.45) is 0. The van der Waals surface area contributed by atoms with E-state index in [-0.39, 0.29) is 11.8 Å². The average molecular weight is 335 g/mol. The molecular formula is C16H12Cl2N2O2. The van der Waals surface area contributed by atoms with Crippen molar-refractivity contribution in [2.75, 3.05) is 5.32 Å². The number of nitrogens with zero attached hydrogens (tertiary/aromatic N) is 1. The molecule has 0 spiro atoms. The third-order valence-electron chi connectivity index (χ3n) is 3.42. The number of carbonyl (C=O) groups is 2. The molecule has 4 nitrogen and oxygen atoms in total. The number of carbonyl (C=O) groups excluding carboxylic acids is 2. The largest absolute Gasteiger partial charge is 0.326 e. The number of halogens is 2. The average Bonchev–Trinajstić information content (AvgIpc) is 2.75. The second-order valence-electron chi connectivity index (χ2n) is 5.03. The molecule has 1 amide bonds. The number of aromatic nitrogens is 1. The van der Waals surface area contributed by atoms with Crippen LogP contribution in [-0.4, -0.2) is 16.4 Å². The molecule has 0 aliphatic carbocycles. The first kappa shape index (κ1) is 14.9. The molecule has 3 aromatic rings. The number of hydrogen-bond donors (Lipinski definition) is 1. The molecule has 0 radical (unpaired) electrons. The lowest BCUT2D eigenvalue weighted by Crippen LogP contribution is -2.07. The van der Waals surface area contributed by atoms with Crippen LogP contribution in [0.3, 0.4) is 0 Å². The van der Waals surface area contributed by atoms with Crippen molar-refractivity contribution in [3.05, 3.63) is 40.4 Å². The molecule has 0 aliphatic rings. The highest BCUT2D eigenvalue weighted by atomic mass is 35.5. The molecule has 0 saturated carbocycles. The van der Waals surface area contributed by atoms with Crippen molar-refractivity contribution in [3.63, 3.8) is 0 Å². The second-order valence-corrected chi connectivity index (χ2v) is 5.84. The molecule has 1 heterocycles. The van der Waals surface area contributed by atoms with Gasteiger partial charge in [0.05, 0.1) is 21.1 Å². The lowest BCUT2D eigenvalue weighted by atomic mass is 10.1. The quantitative estimate of drug-likeness (QED) is 0.699. The minimum atomic E-state index is -0.191. The van der Waals surface area contributed by atoms with E-state index in [1.54, 1.807) is 18.2 Å². The summed E-state index contributed by atoms with van der Waals surface area (Å²) >= 11 is 12.6. The predicted octanol–water partition coefficient (Wildman–Crippen LogP) is 4.72. The molecule has 112 valence electrons. The topological polar surface area (TPSA) is 51.1 Å². The van der Waals surface area contributed by atoms with Crippen LogP contribution in [0.2, 0.25) is 10.0 Å². The number of rotatable bonds is 1. The van der Waals surface area contributed by atoms with Crippen molar-refractivity contribution < 1.29 is 9.59 Å². The van der Waals surface area contributed by atoms with Gasteiger partial charge in [0.15, 0.2) is 0 Å². The summed E-state index contributed by atoms with van der Waals surface area (Å²) < 4.78 is 1.51. The number of fused-ring (bicyclic) bond motifs is 3.